The quantitative estimate of drug-likeness (QED) is 0.257. The molecule has 3 unspecified atom stereocenters. The predicted octanol–water partition coefficient (Wildman–Crippen LogP) is 5.12. The van der Waals surface area contributed by atoms with E-state index in [2.05, 4.69) is 64.1 Å². The van der Waals surface area contributed by atoms with Crippen LogP contribution in [-0.2, 0) is 32.5 Å². The van der Waals surface area contributed by atoms with Gasteiger partial charge < -0.3 is 25.0 Å². The van der Waals surface area contributed by atoms with Gasteiger partial charge in [0.1, 0.15) is 5.92 Å². The summed E-state index contributed by atoms with van der Waals surface area (Å²) >= 11 is 0. The molecule has 9 nitrogen and oxygen atoms in total. The number of hydrogen-bond acceptors (Lipinski definition) is 6. The maximum Gasteiger partial charge on any atom is 0.326 e. The summed E-state index contributed by atoms with van der Waals surface area (Å²) in [6.07, 6.45) is 4.70. The molecule has 0 radical (unpaired) electrons. The van der Waals surface area contributed by atoms with Gasteiger partial charge in [0.2, 0.25) is 0 Å². The number of ether oxygens (including phenoxy) is 2. The van der Waals surface area contributed by atoms with E-state index < -0.39 is 47.7 Å². The van der Waals surface area contributed by atoms with Gasteiger partial charge in [0.05, 0.1) is 25.8 Å². The Labute approximate surface area is 279 Å². The van der Waals surface area contributed by atoms with Crippen molar-refractivity contribution >= 4 is 18.0 Å². The van der Waals surface area contributed by atoms with Crippen molar-refractivity contribution in [2.24, 2.45) is 5.92 Å². The Hall–Kier alpha value is -4.35. The highest BCUT2D eigenvalue weighted by molar-refractivity contribution is 5.96. The number of urea groups is 2. The molecule has 1 spiro atoms. The van der Waals surface area contributed by atoms with E-state index >= 15 is 0 Å². The molecular weight excluding hydrogens is 618 g/mol. The molecule has 2 fully saturated rings. The van der Waals surface area contributed by atoms with Gasteiger partial charge in [-0.3, -0.25) is 4.79 Å². The van der Waals surface area contributed by atoms with Crippen LogP contribution in [0, 0.1) is 17.6 Å². The number of carbonyl (C=O) groups is 3. The smallest absolute Gasteiger partial charge is 0.326 e. The molecule has 3 aliphatic rings. The summed E-state index contributed by atoms with van der Waals surface area (Å²) in [4.78, 5) is 43.2. The predicted molar refractivity (Wildman–Crippen MR) is 175 cm³/mol. The van der Waals surface area contributed by atoms with E-state index in [9.17, 15) is 23.2 Å². The molecule has 2 heterocycles. The third-order valence-corrected chi connectivity index (χ3v) is 10.3. The first-order valence-electron chi connectivity index (χ1n) is 16.6. The van der Waals surface area contributed by atoms with Crippen molar-refractivity contribution in [3.05, 3.63) is 106 Å². The first kappa shape index (κ1) is 33.5. The van der Waals surface area contributed by atoms with Gasteiger partial charge in [0.25, 0.3) is 0 Å². The van der Waals surface area contributed by atoms with E-state index in [1.54, 1.807) is 0 Å². The summed E-state index contributed by atoms with van der Waals surface area (Å²) in [5, 5.41) is 5.46. The van der Waals surface area contributed by atoms with Crippen molar-refractivity contribution in [2.45, 2.75) is 49.6 Å². The van der Waals surface area contributed by atoms with Gasteiger partial charge in [0, 0.05) is 19.1 Å². The highest BCUT2D eigenvalue weighted by Gasteiger charge is 2.50. The number of halogens is 2. The number of likely N-dealkylation sites (tertiary alicyclic amines) is 1. The topological polar surface area (TPSA) is 100 Å². The van der Waals surface area contributed by atoms with Crippen LogP contribution < -0.4 is 10.6 Å². The molecule has 48 heavy (non-hydrogen) atoms. The molecule has 2 aliphatic heterocycles. The summed E-state index contributed by atoms with van der Waals surface area (Å²) in [6, 6.07) is 17.1. The van der Waals surface area contributed by atoms with Crippen LogP contribution in [0.4, 0.5) is 18.4 Å². The van der Waals surface area contributed by atoms with E-state index in [0.717, 1.165) is 62.4 Å². The molecule has 2 N–H and O–H groups in total. The van der Waals surface area contributed by atoms with Gasteiger partial charge in [-0.15, -0.1) is 0 Å². The third kappa shape index (κ3) is 6.41. The van der Waals surface area contributed by atoms with Gasteiger partial charge in [-0.25, -0.2) is 23.3 Å². The maximum absolute atomic E-state index is 14.4. The van der Waals surface area contributed by atoms with Crippen LogP contribution >= 0.6 is 0 Å². The van der Waals surface area contributed by atoms with Gasteiger partial charge in [-0.05, 0) is 91.7 Å². The fourth-order valence-electron chi connectivity index (χ4n) is 7.96. The van der Waals surface area contributed by atoms with E-state index in [-0.39, 0.29) is 24.1 Å². The number of methoxy groups -OCH3 is 2. The molecule has 3 atom stereocenters. The summed E-state index contributed by atoms with van der Waals surface area (Å²) in [5.41, 5.74) is 5.79. The van der Waals surface area contributed by atoms with Crippen LogP contribution in [0.3, 0.4) is 0 Å². The molecule has 11 heteroatoms. The van der Waals surface area contributed by atoms with E-state index in [0.29, 0.717) is 6.42 Å². The number of nitrogens with zero attached hydrogens (tertiary/aromatic N) is 2. The largest absolute Gasteiger partial charge is 0.469 e. The fraction of sp³-hybridized carbons (Fsp3) is 0.432. The zero-order chi connectivity index (χ0) is 33.8. The minimum absolute atomic E-state index is 0.0261. The fourth-order valence-corrected chi connectivity index (χ4v) is 7.96. The second-order valence-corrected chi connectivity index (χ2v) is 12.9. The molecule has 254 valence electrons. The number of amides is 4. The summed E-state index contributed by atoms with van der Waals surface area (Å²) in [5.74, 6) is -4.12. The third-order valence-electron chi connectivity index (χ3n) is 10.3. The van der Waals surface area contributed by atoms with Crippen LogP contribution in [0.1, 0.15) is 53.1 Å². The van der Waals surface area contributed by atoms with Gasteiger partial charge >= 0.3 is 18.0 Å². The molecule has 0 aromatic heterocycles. The van der Waals surface area contributed by atoms with Crippen LogP contribution in [0.15, 0.2) is 66.7 Å². The van der Waals surface area contributed by atoms with Crippen LogP contribution in [0.25, 0.3) is 0 Å². The van der Waals surface area contributed by atoms with Crippen molar-refractivity contribution in [1.29, 1.82) is 0 Å². The molecule has 3 aromatic rings. The van der Waals surface area contributed by atoms with Crippen molar-refractivity contribution in [2.75, 3.05) is 47.0 Å². The minimum Gasteiger partial charge on any atom is -0.469 e. The molecule has 0 bridgehead atoms. The molecule has 2 saturated heterocycles. The first-order valence-corrected chi connectivity index (χ1v) is 16.6. The summed E-state index contributed by atoms with van der Waals surface area (Å²) in [6.45, 7) is 2.77. The Morgan fingerprint density at radius 1 is 0.938 bits per heavy atom. The number of piperidine rings is 1. The lowest BCUT2D eigenvalue weighted by molar-refractivity contribution is -0.150. The first-order chi connectivity index (χ1) is 23.3. The number of esters is 1. The molecule has 6 rings (SSSR count). The number of imide groups is 1. The van der Waals surface area contributed by atoms with Crippen LogP contribution in [0.5, 0.6) is 0 Å². The molecule has 1 aliphatic carbocycles. The summed E-state index contributed by atoms with van der Waals surface area (Å²) in [7, 11) is 2.59. The Bertz CT molecular complexity index is 1610. The van der Waals surface area contributed by atoms with E-state index in [1.807, 2.05) is 0 Å². The van der Waals surface area contributed by atoms with Crippen LogP contribution in [-0.4, -0.2) is 80.9 Å². The zero-order valence-electron chi connectivity index (χ0n) is 27.3. The second-order valence-electron chi connectivity index (χ2n) is 12.9. The zero-order valence-corrected chi connectivity index (χ0v) is 27.3. The monoisotopic (exact) mass is 660 g/mol. The number of benzene rings is 3. The van der Waals surface area contributed by atoms with E-state index in [4.69, 9.17) is 9.47 Å². The number of hydrogen-bond donors (Lipinski definition) is 2. The lowest BCUT2D eigenvalue weighted by Gasteiger charge is -2.44. The van der Waals surface area contributed by atoms with Crippen molar-refractivity contribution in [1.82, 2.24) is 20.4 Å². The second kappa shape index (κ2) is 14.4. The van der Waals surface area contributed by atoms with Crippen molar-refractivity contribution < 1.29 is 32.6 Å². The standard InChI is InChI=1S/C37H42F2N4O5/c1-47-23-31-32(34(44)48-2)33(26-14-15-29(38)30(39)22-26)43(36(46)41-31)35(45)40-18-7-19-42-20-16-37(17-21-42)27-10-5-3-8-24(27)12-13-25-9-4-6-11-28(25)37/h3-6,8-11,14-15,22,31-33H,7,12-13,16-21,23H2,1-2H3,(H,40,45)(H,41,46). The highest BCUT2D eigenvalue weighted by atomic mass is 19.2. The normalized spacial score (nSPS) is 21.9. The number of nitrogens with one attached hydrogen (secondary N) is 2. The van der Waals surface area contributed by atoms with Crippen LogP contribution in [0.2, 0.25) is 0 Å². The highest BCUT2D eigenvalue weighted by Crippen LogP contribution is 2.46. The Morgan fingerprint density at radius 3 is 2.19 bits per heavy atom. The lowest BCUT2D eigenvalue weighted by Crippen LogP contribution is -2.64. The average molecular weight is 661 g/mol. The maximum atomic E-state index is 14.4. The Morgan fingerprint density at radius 2 is 1.58 bits per heavy atom. The van der Waals surface area contributed by atoms with Crippen molar-refractivity contribution in [3.63, 3.8) is 0 Å². The number of rotatable bonds is 8. The Kier molecular flexibility index (Phi) is 10.1. The molecule has 4 amide bonds. The minimum atomic E-state index is -1.26. The van der Waals surface area contributed by atoms with Gasteiger partial charge in [0.15, 0.2) is 11.6 Å². The number of aryl methyl sites for hydroxylation is 2. The van der Waals surface area contributed by atoms with Crippen molar-refractivity contribution in [3.8, 4) is 0 Å². The summed E-state index contributed by atoms with van der Waals surface area (Å²) < 4.78 is 38.5. The van der Waals surface area contributed by atoms with E-state index in [1.165, 1.54) is 42.5 Å². The van der Waals surface area contributed by atoms with Gasteiger partial charge in [-0.1, -0.05) is 54.6 Å². The Balaban J connectivity index is 1.12. The lowest BCUT2D eigenvalue weighted by atomic mass is 9.66. The number of fused-ring (bicyclic) bond motifs is 4. The average Bonchev–Trinajstić information content (AvgIpc) is 3.23. The van der Waals surface area contributed by atoms with Gasteiger partial charge in [-0.2, -0.15) is 0 Å². The molecule has 0 saturated carbocycles. The number of carbonyl (C=O) groups excluding carboxylic acids is 3. The molecule has 3 aromatic carbocycles. The molecular formula is C37H42F2N4O5. The SMILES string of the molecule is COCC1NC(=O)N(C(=O)NCCCN2CCC3(CC2)c2ccccc2CCc2ccccc23)C(c2ccc(F)c(F)c2)C1C(=O)OC.